The van der Waals surface area contributed by atoms with Crippen molar-refractivity contribution in [2.75, 3.05) is 13.1 Å². The van der Waals surface area contributed by atoms with E-state index >= 15 is 0 Å². The third-order valence-corrected chi connectivity index (χ3v) is 12.7. The van der Waals surface area contributed by atoms with Gasteiger partial charge >= 0.3 is 17.9 Å². The summed E-state index contributed by atoms with van der Waals surface area (Å²) < 4.78 is 0. The molecule has 0 aliphatic rings. The maximum atomic E-state index is 14.7. The molecule has 0 saturated carbocycles. The Hall–Kier alpha value is -8.93. The van der Waals surface area contributed by atoms with E-state index in [4.69, 9.17) is 28.7 Å². The van der Waals surface area contributed by atoms with E-state index in [1.54, 1.807) is 44.2 Å². The van der Waals surface area contributed by atoms with Gasteiger partial charge in [0.05, 0.1) is 18.9 Å². The molecule has 0 unspecified atom stereocenters. The van der Waals surface area contributed by atoms with Crippen LogP contribution < -0.4 is 71.2 Å². The van der Waals surface area contributed by atoms with Crippen LogP contribution in [-0.4, -0.2) is 165 Å². The van der Waals surface area contributed by atoms with Crippen LogP contribution in [0.4, 0.5) is 0 Å². The van der Waals surface area contributed by atoms with Gasteiger partial charge in [0.1, 0.15) is 54.1 Å². The number of primary amides is 1. The van der Waals surface area contributed by atoms with Crippen LogP contribution in [0.15, 0.2) is 59.6 Å². The molecule has 0 radical (unpaired) electrons. The SMILES string of the molecule is CC(C)C[C@H](NC(=O)[C@H](CCC(=O)O)NC(=O)[C@H](CCCCN)NC(=O)[C@@H](N)CC(N)=O)C(=O)N[C@@H](CCCN=C(N)N)C(=O)N[C@@H](Cc1ccc(O)cc1)C(=O)N[C@@H](Cc1ccccc1)C(=O)N[C@@H](CC(=O)O)C(=O)N[C@H](C(=O)O)C(C)C. The molecule has 30 heteroatoms. The number of carbonyl (C=O) groups excluding carboxylic acids is 9. The third kappa shape index (κ3) is 27.2. The average molecular weight is 1180 g/mol. The van der Waals surface area contributed by atoms with Crippen LogP contribution in [0.2, 0.25) is 0 Å². The quantitative estimate of drug-likeness (QED) is 0.0176. The van der Waals surface area contributed by atoms with Crippen molar-refractivity contribution in [1.29, 1.82) is 0 Å². The normalized spacial score (nSPS) is 14.2. The van der Waals surface area contributed by atoms with E-state index in [9.17, 15) is 78.0 Å². The van der Waals surface area contributed by atoms with Crippen molar-refractivity contribution in [1.82, 2.24) is 42.5 Å². The van der Waals surface area contributed by atoms with Crippen LogP contribution in [-0.2, 0) is 70.4 Å². The van der Waals surface area contributed by atoms with Gasteiger partial charge in [0.25, 0.3) is 0 Å². The lowest BCUT2D eigenvalue weighted by Gasteiger charge is -2.28. The summed E-state index contributed by atoms with van der Waals surface area (Å²) in [5.74, 6) is -14.8. The van der Waals surface area contributed by atoms with Crippen LogP contribution in [0.3, 0.4) is 0 Å². The van der Waals surface area contributed by atoms with E-state index < -0.39 is 157 Å². The van der Waals surface area contributed by atoms with Gasteiger partial charge < -0.3 is 91.6 Å². The highest BCUT2D eigenvalue weighted by molar-refractivity contribution is 5.99. The molecular weight excluding hydrogens is 1100 g/mol. The van der Waals surface area contributed by atoms with Gasteiger partial charge in [0, 0.05) is 25.8 Å². The minimum Gasteiger partial charge on any atom is -0.508 e. The largest absolute Gasteiger partial charge is 0.508 e. The zero-order chi connectivity index (χ0) is 63.2. The maximum Gasteiger partial charge on any atom is 0.326 e. The molecule has 0 bridgehead atoms. The Labute approximate surface area is 485 Å². The molecule has 0 aromatic heterocycles. The number of aliphatic carboxylic acids is 3. The highest BCUT2D eigenvalue weighted by Gasteiger charge is 2.36. The number of guanidine groups is 1. The molecule has 9 amide bonds. The number of phenols is 1. The molecule has 0 fully saturated rings. The Kier molecular flexibility index (Phi) is 30.9. The van der Waals surface area contributed by atoms with Gasteiger partial charge in [-0.15, -0.1) is 0 Å². The Balaban J connectivity index is 2.64. The number of nitrogens with two attached hydrogens (primary N) is 5. The molecule has 2 aromatic carbocycles. The Morgan fingerprint density at radius 3 is 1.40 bits per heavy atom. The summed E-state index contributed by atoms with van der Waals surface area (Å²) in [5, 5.41) is 58.9. The van der Waals surface area contributed by atoms with Gasteiger partial charge in [-0.05, 0) is 86.6 Å². The van der Waals surface area contributed by atoms with Crippen molar-refractivity contribution in [3.05, 3.63) is 65.7 Å². The lowest BCUT2D eigenvalue weighted by atomic mass is 10.00. The molecule has 0 spiro atoms. The number of phenolic OH excluding ortho intramolecular Hbond substituents is 1. The second-order valence-electron chi connectivity index (χ2n) is 20.7. The molecule has 0 heterocycles. The van der Waals surface area contributed by atoms with Gasteiger partial charge in [-0.2, -0.15) is 0 Å². The van der Waals surface area contributed by atoms with Gasteiger partial charge in [0.15, 0.2) is 5.96 Å². The monoisotopic (exact) mass is 1180 g/mol. The lowest BCUT2D eigenvalue weighted by Crippen LogP contribution is -2.61. The highest BCUT2D eigenvalue weighted by Crippen LogP contribution is 2.15. The van der Waals surface area contributed by atoms with Gasteiger partial charge in [0.2, 0.25) is 53.2 Å². The van der Waals surface area contributed by atoms with Crippen LogP contribution in [0.5, 0.6) is 5.75 Å². The van der Waals surface area contributed by atoms with Gasteiger partial charge in [-0.1, -0.05) is 70.2 Å². The number of aliphatic imine (C=N–C) groups is 1. The van der Waals surface area contributed by atoms with Crippen LogP contribution in [0.25, 0.3) is 0 Å². The minimum atomic E-state index is -1.84. The van der Waals surface area contributed by atoms with Crippen molar-refractivity contribution >= 4 is 77.0 Å². The summed E-state index contributed by atoms with van der Waals surface area (Å²) >= 11 is 0. The molecule has 30 nitrogen and oxygen atoms in total. The minimum absolute atomic E-state index is 0.0247. The number of nitrogens with zero attached hydrogens (tertiary/aromatic N) is 1. The van der Waals surface area contributed by atoms with E-state index in [0.717, 1.165) is 0 Å². The van der Waals surface area contributed by atoms with Crippen molar-refractivity contribution < 1.29 is 78.0 Å². The van der Waals surface area contributed by atoms with E-state index in [1.165, 1.54) is 38.1 Å². The van der Waals surface area contributed by atoms with Crippen LogP contribution >= 0.6 is 0 Å². The second-order valence-corrected chi connectivity index (χ2v) is 20.7. The third-order valence-electron chi connectivity index (χ3n) is 12.7. The van der Waals surface area contributed by atoms with E-state index in [2.05, 4.69) is 47.5 Å². The molecular formula is C54H82N14O16. The van der Waals surface area contributed by atoms with Crippen molar-refractivity contribution in [2.24, 2.45) is 45.5 Å². The number of amides is 9. The molecule has 22 N–H and O–H groups in total. The number of nitrogens with one attached hydrogen (secondary N) is 8. The number of aromatic hydroxyl groups is 1. The van der Waals surface area contributed by atoms with Crippen molar-refractivity contribution in [2.45, 2.75) is 159 Å². The molecule has 9 atom stereocenters. The molecule has 2 aromatic rings. The number of rotatable bonds is 39. The Morgan fingerprint density at radius 2 is 0.940 bits per heavy atom. The van der Waals surface area contributed by atoms with E-state index in [1.807, 2.05) is 0 Å². The second kappa shape index (κ2) is 36.5. The highest BCUT2D eigenvalue weighted by atomic mass is 16.4. The molecule has 2 rings (SSSR count). The van der Waals surface area contributed by atoms with Crippen LogP contribution in [0, 0.1) is 11.8 Å². The molecule has 464 valence electrons. The first-order chi connectivity index (χ1) is 39.5. The number of carbonyl (C=O) groups is 12. The van der Waals surface area contributed by atoms with Gasteiger partial charge in [-0.25, -0.2) is 4.79 Å². The Morgan fingerprint density at radius 1 is 0.500 bits per heavy atom. The number of carboxylic acid groups (broad SMARTS) is 3. The van der Waals surface area contributed by atoms with Gasteiger partial charge in [-0.3, -0.25) is 57.7 Å². The fraction of sp³-hybridized carbons (Fsp3) is 0.537. The van der Waals surface area contributed by atoms with Crippen molar-refractivity contribution in [3.63, 3.8) is 0 Å². The summed E-state index contributed by atoms with van der Waals surface area (Å²) in [7, 11) is 0. The predicted octanol–water partition coefficient (Wildman–Crippen LogP) is -3.43. The van der Waals surface area contributed by atoms with E-state index in [0.29, 0.717) is 24.0 Å². The Bertz CT molecular complexity index is 2600. The molecule has 0 aliphatic carbocycles. The number of carboxylic acids is 3. The first-order valence-corrected chi connectivity index (χ1v) is 27.2. The molecule has 0 saturated heterocycles. The fourth-order valence-corrected chi connectivity index (χ4v) is 8.28. The average Bonchev–Trinajstić information content (AvgIpc) is 3.49. The maximum absolute atomic E-state index is 14.7. The van der Waals surface area contributed by atoms with Crippen LogP contribution in [0.1, 0.15) is 103 Å². The molecule has 0 aliphatic heterocycles. The zero-order valence-electron chi connectivity index (χ0n) is 47.5. The summed E-state index contributed by atoms with van der Waals surface area (Å²) in [6.07, 6.45) is -2.91. The summed E-state index contributed by atoms with van der Waals surface area (Å²) in [6.45, 7) is 6.55. The topological polar surface area (TPSA) is 524 Å². The fourth-order valence-electron chi connectivity index (χ4n) is 8.28. The first-order valence-electron chi connectivity index (χ1n) is 27.2. The number of hydrogen-bond acceptors (Lipinski definition) is 16. The number of unbranched alkanes of at least 4 members (excludes halogenated alkanes) is 1. The smallest absolute Gasteiger partial charge is 0.326 e. The summed E-state index contributed by atoms with van der Waals surface area (Å²) in [4.78, 5) is 163. The summed E-state index contributed by atoms with van der Waals surface area (Å²) in [5.41, 5.74) is 28.5. The predicted molar refractivity (Wildman–Crippen MR) is 303 cm³/mol. The van der Waals surface area contributed by atoms with Crippen molar-refractivity contribution in [3.8, 4) is 5.75 Å². The van der Waals surface area contributed by atoms with E-state index in [-0.39, 0.29) is 69.2 Å². The first kappa shape index (κ1) is 71.2. The number of hydrogen-bond donors (Lipinski definition) is 17. The number of benzene rings is 2. The standard InChI is InChI=1S/C54H82N14O16/c1-28(2)23-37(64-48(78)36(19-20-42(71)72)63-46(76)34(13-8-9-21-55)61-45(75)33(56)26-41(57)70)49(79)62-35(14-10-22-60-54(58)59)47(77)65-39(25-31-15-17-32(69)18-16-31)50(80)66-38(24-30-11-6-5-7-12-30)51(81)67-40(27-43(73)74)52(82)68-44(29(3)4)53(83)84/h5-7,11-12,15-18,28-29,33-40,44,69H,8-10,13-14,19-27,55-56H2,1-4H3,(H2,57,70)(H,61,75)(H,62,79)(H,63,76)(H,64,78)(H,65,77)(H,66,80)(H,67,81)(H,68,82)(H,71,72)(H,73,74)(H,83,84)(H4,58,59,60)/t33-,34-,35-,36-,37-,38-,39-,40-,44-/m0/s1. The zero-order valence-corrected chi connectivity index (χ0v) is 47.5. The lowest BCUT2D eigenvalue weighted by molar-refractivity contribution is -0.144. The summed E-state index contributed by atoms with van der Waals surface area (Å²) in [6, 6.07) is -0.355. The molecule has 84 heavy (non-hydrogen) atoms.